The number of nitrogens with one attached hydrogen (secondary N) is 3. The predicted molar refractivity (Wildman–Crippen MR) is 86.4 cm³/mol. The van der Waals surface area contributed by atoms with Crippen molar-refractivity contribution >= 4 is 28.3 Å². The Kier molecular flexibility index (Phi) is 8.61. The van der Waals surface area contributed by atoms with Gasteiger partial charge in [-0.05, 0) is 20.4 Å². The van der Waals surface area contributed by atoms with Gasteiger partial charge in [0.15, 0.2) is 0 Å². The molecule has 0 aliphatic carbocycles. The number of rotatable bonds is 8. The van der Waals surface area contributed by atoms with Crippen molar-refractivity contribution in [1.82, 2.24) is 25.1 Å². The van der Waals surface area contributed by atoms with E-state index in [1.54, 1.807) is 7.05 Å². The molecule has 3 N–H and O–H groups in total. The first-order chi connectivity index (χ1) is 9.76. The smallest absolute Gasteiger partial charge is 0.244 e. The number of halogens is 1. The lowest BCUT2D eigenvalue weighted by atomic mass is 10.3. The Morgan fingerprint density at radius 3 is 2.55 bits per heavy atom. The molecule has 0 aromatic carbocycles. The normalized spacial score (nSPS) is 14.0. The number of carbonyl (C=O) groups is 1. The van der Waals surface area contributed by atoms with Gasteiger partial charge in [0.25, 0.3) is 0 Å². The number of aromatic nitrogens is 2. The average molecular weight is 354 g/mol. The van der Waals surface area contributed by atoms with Crippen LogP contribution in [0.2, 0.25) is 0 Å². The van der Waals surface area contributed by atoms with E-state index in [0.29, 0.717) is 6.54 Å². The SMILES string of the molecule is CCN[C@H](C)CNC(=O)C(C)NS(=O)(=O)c1cnn(C)c1.Cl. The highest BCUT2D eigenvalue weighted by Crippen LogP contribution is 2.06. The lowest BCUT2D eigenvalue weighted by molar-refractivity contribution is -0.122. The van der Waals surface area contributed by atoms with E-state index in [4.69, 9.17) is 0 Å². The molecule has 1 aromatic heterocycles. The van der Waals surface area contributed by atoms with Crippen LogP contribution >= 0.6 is 12.4 Å². The molecule has 0 aliphatic heterocycles. The molecule has 2 atom stereocenters. The molecule has 22 heavy (non-hydrogen) atoms. The molecule has 1 unspecified atom stereocenters. The zero-order valence-corrected chi connectivity index (χ0v) is 14.8. The fraction of sp³-hybridized carbons (Fsp3) is 0.667. The van der Waals surface area contributed by atoms with Gasteiger partial charge in [0.1, 0.15) is 4.90 Å². The van der Waals surface area contributed by atoms with Crippen LogP contribution in [0.1, 0.15) is 20.8 Å². The van der Waals surface area contributed by atoms with Crippen molar-refractivity contribution in [2.45, 2.75) is 37.8 Å². The molecule has 0 fully saturated rings. The summed E-state index contributed by atoms with van der Waals surface area (Å²) >= 11 is 0. The van der Waals surface area contributed by atoms with E-state index < -0.39 is 16.1 Å². The minimum atomic E-state index is -3.74. The fourth-order valence-corrected chi connectivity index (χ4v) is 2.91. The third kappa shape index (κ3) is 6.30. The van der Waals surface area contributed by atoms with Crippen LogP contribution in [0.5, 0.6) is 0 Å². The molecule has 0 radical (unpaired) electrons. The van der Waals surface area contributed by atoms with E-state index in [1.807, 2.05) is 13.8 Å². The highest BCUT2D eigenvalue weighted by atomic mass is 35.5. The third-order valence-corrected chi connectivity index (χ3v) is 4.35. The van der Waals surface area contributed by atoms with Crippen molar-refractivity contribution in [2.75, 3.05) is 13.1 Å². The van der Waals surface area contributed by atoms with Crippen LogP contribution in [-0.4, -0.2) is 49.3 Å². The molecule has 1 amide bonds. The third-order valence-electron chi connectivity index (χ3n) is 2.85. The fourth-order valence-electron chi connectivity index (χ4n) is 1.72. The first kappa shape index (κ1) is 20.8. The monoisotopic (exact) mass is 353 g/mol. The number of sulfonamides is 1. The average Bonchev–Trinajstić information content (AvgIpc) is 2.83. The number of likely N-dealkylation sites (N-methyl/N-ethyl adjacent to an activating group) is 1. The van der Waals surface area contributed by atoms with Crippen molar-refractivity contribution in [3.8, 4) is 0 Å². The van der Waals surface area contributed by atoms with Gasteiger partial charge in [0.2, 0.25) is 15.9 Å². The summed E-state index contributed by atoms with van der Waals surface area (Å²) in [6.45, 7) is 6.66. The van der Waals surface area contributed by atoms with E-state index >= 15 is 0 Å². The van der Waals surface area contributed by atoms with Gasteiger partial charge in [0.05, 0.1) is 12.2 Å². The molecule has 0 spiro atoms. The number of carbonyl (C=O) groups excluding carboxylic acids is 1. The second kappa shape index (κ2) is 9.09. The van der Waals surface area contributed by atoms with Crippen molar-refractivity contribution in [2.24, 2.45) is 7.05 Å². The maximum absolute atomic E-state index is 12.0. The molecule has 0 aliphatic rings. The van der Waals surface area contributed by atoms with Gasteiger partial charge in [-0.1, -0.05) is 6.92 Å². The van der Waals surface area contributed by atoms with Crippen molar-refractivity contribution in [3.05, 3.63) is 12.4 Å². The first-order valence-corrected chi connectivity index (χ1v) is 8.26. The van der Waals surface area contributed by atoms with E-state index in [9.17, 15) is 13.2 Å². The quantitative estimate of drug-likeness (QED) is 0.591. The molecule has 1 rings (SSSR count). The molecule has 10 heteroatoms. The Morgan fingerprint density at radius 1 is 1.41 bits per heavy atom. The van der Waals surface area contributed by atoms with E-state index in [1.165, 1.54) is 24.0 Å². The van der Waals surface area contributed by atoms with Gasteiger partial charge in [-0.2, -0.15) is 9.82 Å². The summed E-state index contributed by atoms with van der Waals surface area (Å²) in [4.78, 5) is 11.9. The summed E-state index contributed by atoms with van der Waals surface area (Å²) in [6, 6.07) is -0.731. The molecule has 128 valence electrons. The second-order valence-electron chi connectivity index (χ2n) is 4.90. The predicted octanol–water partition coefficient (Wildman–Crippen LogP) is -0.377. The Hall–Kier alpha value is -1.16. The highest BCUT2D eigenvalue weighted by molar-refractivity contribution is 7.89. The standard InChI is InChI=1S/C12H23N5O3S.ClH/c1-5-13-9(2)6-14-12(18)10(3)16-21(19,20)11-7-15-17(4)8-11;/h7-10,13,16H,5-6H2,1-4H3,(H,14,18);1H/t9-,10?;/m1./s1. The van der Waals surface area contributed by atoms with Gasteiger partial charge >= 0.3 is 0 Å². The minimum Gasteiger partial charge on any atom is -0.353 e. The maximum Gasteiger partial charge on any atom is 0.244 e. The first-order valence-electron chi connectivity index (χ1n) is 6.78. The van der Waals surface area contributed by atoms with Crippen molar-refractivity contribution < 1.29 is 13.2 Å². The van der Waals surface area contributed by atoms with Crippen LogP contribution in [0.25, 0.3) is 0 Å². The van der Waals surface area contributed by atoms with Gasteiger partial charge in [-0.25, -0.2) is 8.42 Å². The van der Waals surface area contributed by atoms with E-state index in [-0.39, 0.29) is 29.3 Å². The van der Waals surface area contributed by atoms with Crippen LogP contribution in [0.15, 0.2) is 17.3 Å². The second-order valence-corrected chi connectivity index (χ2v) is 6.61. The molecule has 0 bridgehead atoms. The van der Waals surface area contributed by atoms with E-state index in [2.05, 4.69) is 20.5 Å². The molecule has 1 heterocycles. The number of aryl methyl sites for hydroxylation is 1. The lowest BCUT2D eigenvalue weighted by Gasteiger charge is -2.17. The molecular weight excluding hydrogens is 330 g/mol. The molecule has 1 aromatic rings. The summed E-state index contributed by atoms with van der Waals surface area (Å²) in [7, 11) is -2.12. The van der Waals surface area contributed by atoms with Crippen LogP contribution in [-0.2, 0) is 21.9 Å². The van der Waals surface area contributed by atoms with Gasteiger partial charge in [-0.3, -0.25) is 9.48 Å². The van der Waals surface area contributed by atoms with Gasteiger partial charge in [0, 0.05) is 25.8 Å². The summed E-state index contributed by atoms with van der Waals surface area (Å²) < 4.78 is 27.8. The molecule has 0 saturated carbocycles. The number of nitrogens with zero attached hydrogens (tertiary/aromatic N) is 2. The minimum absolute atomic E-state index is 0. The summed E-state index contributed by atoms with van der Waals surface area (Å²) in [5.41, 5.74) is 0. The lowest BCUT2D eigenvalue weighted by Crippen LogP contribution is -2.48. The van der Waals surface area contributed by atoms with Crippen LogP contribution in [0.4, 0.5) is 0 Å². The summed E-state index contributed by atoms with van der Waals surface area (Å²) in [5.74, 6) is -0.368. The zero-order valence-electron chi connectivity index (χ0n) is 13.2. The topological polar surface area (TPSA) is 105 Å². The van der Waals surface area contributed by atoms with Crippen molar-refractivity contribution in [3.63, 3.8) is 0 Å². The largest absolute Gasteiger partial charge is 0.353 e. The molecule has 0 saturated heterocycles. The zero-order chi connectivity index (χ0) is 16.0. The maximum atomic E-state index is 12.0. The van der Waals surface area contributed by atoms with Gasteiger partial charge < -0.3 is 10.6 Å². The number of hydrogen-bond donors (Lipinski definition) is 3. The summed E-state index contributed by atoms with van der Waals surface area (Å²) in [5, 5.41) is 9.65. The van der Waals surface area contributed by atoms with Crippen molar-refractivity contribution in [1.29, 1.82) is 0 Å². The number of hydrogen-bond acceptors (Lipinski definition) is 5. The van der Waals surface area contributed by atoms with E-state index in [0.717, 1.165) is 6.54 Å². The van der Waals surface area contributed by atoms with Crippen LogP contribution in [0.3, 0.4) is 0 Å². The Bertz CT molecular complexity index is 575. The molecular formula is C12H24ClN5O3S. The van der Waals surface area contributed by atoms with Crippen LogP contribution < -0.4 is 15.4 Å². The Balaban J connectivity index is 0.00000441. The summed E-state index contributed by atoms with van der Waals surface area (Å²) in [6.07, 6.45) is 2.61. The Labute approximate surface area is 137 Å². The van der Waals surface area contributed by atoms with Crippen LogP contribution in [0, 0.1) is 0 Å². The highest BCUT2D eigenvalue weighted by Gasteiger charge is 2.23. The number of amides is 1. The Morgan fingerprint density at radius 2 is 2.05 bits per heavy atom. The van der Waals surface area contributed by atoms with Gasteiger partial charge in [-0.15, -0.1) is 12.4 Å². The molecule has 8 nitrogen and oxygen atoms in total.